The smallest absolute Gasteiger partial charge is 0.275 e. The van der Waals surface area contributed by atoms with Crippen molar-refractivity contribution in [1.29, 1.82) is 0 Å². The predicted octanol–water partition coefficient (Wildman–Crippen LogP) is -0.910. The van der Waals surface area contributed by atoms with Crippen molar-refractivity contribution in [3.8, 4) is 0 Å². The van der Waals surface area contributed by atoms with Gasteiger partial charge in [0, 0.05) is 0 Å². The van der Waals surface area contributed by atoms with Crippen LogP contribution in [0.25, 0.3) is 0 Å². The summed E-state index contributed by atoms with van der Waals surface area (Å²) in [5.41, 5.74) is 4.00. The van der Waals surface area contributed by atoms with Gasteiger partial charge in [-0.1, -0.05) is 0 Å². The van der Waals surface area contributed by atoms with Crippen molar-refractivity contribution in [3.63, 3.8) is 0 Å². The summed E-state index contributed by atoms with van der Waals surface area (Å²) in [6, 6.07) is 0. The maximum Gasteiger partial charge on any atom is 0.275 e. The lowest BCUT2D eigenvalue weighted by molar-refractivity contribution is -0.130. The van der Waals surface area contributed by atoms with Gasteiger partial charge in [-0.3, -0.25) is 5.73 Å². The Hall–Kier alpha value is -0.120. The van der Waals surface area contributed by atoms with E-state index >= 15 is 0 Å². The number of rotatable bonds is 0. The quantitative estimate of drug-likeness (QED) is 0.362. The van der Waals surface area contributed by atoms with Gasteiger partial charge in [-0.05, 0) is 0 Å². The predicted molar refractivity (Wildman–Crippen MR) is 9.35 cm³/mol. The van der Waals surface area contributed by atoms with E-state index in [0.29, 0.717) is 0 Å². The fourth-order valence-corrected chi connectivity index (χ4v) is 0. The van der Waals surface area contributed by atoms with Crippen LogP contribution in [-0.4, -0.2) is 6.41 Å². The first kappa shape index (κ1) is 3.88. The second-order valence-electron chi connectivity index (χ2n) is 0.368. The van der Waals surface area contributed by atoms with Gasteiger partial charge in [-0.2, -0.15) is 10.2 Å². The highest BCUT2D eigenvalue weighted by atomic mass is 16.5. The molecule has 0 spiro atoms. The molecule has 24 valence electrons. The van der Waals surface area contributed by atoms with Gasteiger partial charge in [0.2, 0.25) is 0 Å². The Balaban J connectivity index is 2.32. The molecule has 4 heavy (non-hydrogen) atoms. The Bertz CT molecular complexity index is 10.8. The lowest BCUT2D eigenvalue weighted by Gasteiger charge is -1.72. The zero-order chi connectivity index (χ0) is 3.58. The molecule has 0 atom stereocenters. The molecule has 0 aliphatic heterocycles. The lowest BCUT2D eigenvalue weighted by Crippen LogP contribution is -2.12. The summed E-state index contributed by atoms with van der Waals surface area (Å²) in [4.78, 5) is 0. The van der Waals surface area contributed by atoms with Crippen molar-refractivity contribution in [3.05, 3.63) is 0 Å². The topological polar surface area (TPSA) is 65.8 Å². The summed E-state index contributed by atoms with van der Waals surface area (Å²) in [5.74, 6) is 0. The third-order valence-corrected chi connectivity index (χ3v) is 0. The van der Waals surface area contributed by atoms with Gasteiger partial charge in [0.1, 0.15) is 0 Å². The minimum atomic E-state index is -2.17. The Morgan fingerprint density at radius 3 is 1.50 bits per heavy atom. The molecule has 0 heterocycles. The molecule has 0 unspecified atom stereocenters. The largest absolute Gasteiger partial charge is 0.278 e. The van der Waals surface area contributed by atoms with Crippen molar-refractivity contribution in [1.82, 2.24) is 0 Å². The van der Waals surface area contributed by atoms with Gasteiger partial charge in [0.05, 0.1) is 0 Å². The van der Waals surface area contributed by atoms with E-state index in [1.165, 1.54) is 0 Å². The van der Waals surface area contributed by atoms with Crippen molar-refractivity contribution >= 4 is 0 Å². The van der Waals surface area contributed by atoms with E-state index in [9.17, 15) is 0 Å². The molecular formula is CH3NO2. The van der Waals surface area contributed by atoms with E-state index in [1.54, 1.807) is 0 Å². The van der Waals surface area contributed by atoms with Crippen LogP contribution in [0, 0.1) is 0 Å². The summed E-state index contributed by atoms with van der Waals surface area (Å²) in [7, 11) is 0. The van der Waals surface area contributed by atoms with Crippen LogP contribution in [-0.2, 0) is 10.2 Å². The van der Waals surface area contributed by atoms with E-state index in [0.717, 1.165) is 0 Å². The maximum atomic E-state index is 8.75. The normalized spacial score (nSPS) is 9.00. The second-order valence-corrected chi connectivity index (χ2v) is 0.368. The van der Waals surface area contributed by atoms with Crippen molar-refractivity contribution in [2.24, 2.45) is 5.73 Å². The highest BCUT2D eigenvalue weighted by Gasteiger charge is 1.78. The highest BCUT2D eigenvalue weighted by molar-refractivity contribution is 3.94. The van der Waals surface area contributed by atoms with Gasteiger partial charge < -0.3 is 0 Å². The molecular weight excluding hydrogens is 58.0 g/mol. The first-order valence-electron chi connectivity index (χ1n) is 0.805. The van der Waals surface area contributed by atoms with Gasteiger partial charge in [0.15, 0.2) is 0 Å². The van der Waals surface area contributed by atoms with Gasteiger partial charge in [-0.25, -0.2) is 0 Å². The molecule has 0 fully saturated rings. The summed E-state index contributed by atoms with van der Waals surface area (Å²) in [5, 5.41) is 17.5. The van der Waals surface area contributed by atoms with Crippen LogP contribution in [0.4, 0.5) is 0 Å². The first-order valence-corrected chi connectivity index (χ1v) is 0.805. The molecule has 0 bridgehead atoms. The standard InChI is InChI=1S/CH3NO2/c2-1(3)4/h1H,2H2. The molecule has 0 saturated carbocycles. The molecule has 0 aliphatic rings. The minimum Gasteiger partial charge on any atom is -0.278 e. The molecule has 0 amide bonds. The number of hydrogen-bond acceptors (Lipinski definition) is 1. The monoisotopic (exact) mass is 61.0 g/mol. The highest BCUT2D eigenvalue weighted by Crippen LogP contribution is 1.46. The van der Waals surface area contributed by atoms with E-state index in [-0.39, 0.29) is 0 Å². The average Bonchev–Trinajstić information content (AvgIpc) is 0.811. The molecule has 3 heteroatoms. The van der Waals surface area contributed by atoms with Gasteiger partial charge >= 0.3 is 0 Å². The zero-order valence-electron chi connectivity index (χ0n) is 1.97. The number of nitrogens with two attached hydrogens (primary N) is 1. The summed E-state index contributed by atoms with van der Waals surface area (Å²) < 4.78 is 0. The molecule has 0 rings (SSSR count). The van der Waals surface area contributed by atoms with Crippen LogP contribution >= 0.6 is 0 Å². The summed E-state index contributed by atoms with van der Waals surface area (Å²) in [6.45, 7) is 0. The van der Waals surface area contributed by atoms with Crippen LogP contribution in [0.2, 0.25) is 0 Å². The van der Waals surface area contributed by atoms with Gasteiger partial charge in [-0.15, -0.1) is 0 Å². The van der Waals surface area contributed by atoms with E-state index in [2.05, 4.69) is 5.73 Å². The third kappa shape index (κ3) is 101. The Kier molecular flexibility index (Phi) is 1.19. The van der Waals surface area contributed by atoms with E-state index in [1.807, 2.05) is 0 Å². The minimum absolute atomic E-state index is 2.17. The number of hydrogen-bond donors (Lipinski definition) is 1. The molecule has 2 N–H and O–H groups in total. The van der Waals surface area contributed by atoms with Crippen molar-refractivity contribution in [2.75, 3.05) is 0 Å². The molecule has 0 aromatic carbocycles. The van der Waals surface area contributed by atoms with Crippen LogP contribution in [0.15, 0.2) is 0 Å². The van der Waals surface area contributed by atoms with Gasteiger partial charge in [0.25, 0.3) is 6.41 Å². The van der Waals surface area contributed by atoms with Crippen LogP contribution in [0.5, 0.6) is 0 Å². The van der Waals surface area contributed by atoms with Crippen molar-refractivity contribution < 1.29 is 10.2 Å². The summed E-state index contributed by atoms with van der Waals surface area (Å²) in [6.07, 6.45) is -2.17. The molecule has 3 nitrogen and oxygen atoms in total. The molecule has 0 aromatic heterocycles. The average molecular weight is 61.0 g/mol. The molecule has 2 radical (unpaired) electrons. The second kappa shape index (κ2) is 1.23. The fraction of sp³-hybridized carbons (Fsp3) is 1.00. The van der Waals surface area contributed by atoms with Crippen LogP contribution in [0.1, 0.15) is 0 Å². The van der Waals surface area contributed by atoms with E-state index < -0.39 is 6.41 Å². The van der Waals surface area contributed by atoms with Crippen molar-refractivity contribution in [2.45, 2.75) is 6.41 Å². The summed E-state index contributed by atoms with van der Waals surface area (Å²) >= 11 is 0. The molecule has 0 aromatic rings. The Morgan fingerprint density at radius 1 is 1.50 bits per heavy atom. The Morgan fingerprint density at radius 2 is 1.50 bits per heavy atom. The molecule has 0 saturated heterocycles. The third-order valence-electron chi connectivity index (χ3n) is 0. The van der Waals surface area contributed by atoms with Crippen LogP contribution < -0.4 is 5.73 Å². The SMILES string of the molecule is NC([O])[O]. The first-order chi connectivity index (χ1) is 1.73. The lowest BCUT2D eigenvalue weighted by atomic mass is 11.2. The Labute approximate surface area is 23.7 Å². The van der Waals surface area contributed by atoms with E-state index in [4.69, 9.17) is 10.2 Å². The zero-order valence-corrected chi connectivity index (χ0v) is 1.97. The van der Waals surface area contributed by atoms with Crippen LogP contribution in [0.3, 0.4) is 0 Å². The molecule has 0 aliphatic carbocycles. The fourth-order valence-electron chi connectivity index (χ4n) is 0. The maximum absolute atomic E-state index is 8.75.